The number of nitrogens with zero attached hydrogens (tertiary/aromatic N) is 6. The van der Waals surface area contributed by atoms with Crippen LogP contribution in [0, 0.1) is 0 Å². The molecule has 13 heteroatoms. The summed E-state index contributed by atoms with van der Waals surface area (Å²) in [6.45, 7) is 9.31. The molecule has 0 fully saturated rings. The molecule has 5 rings (SSSR count). The van der Waals surface area contributed by atoms with Gasteiger partial charge in [-0.15, -0.1) is 0 Å². The zero-order chi connectivity index (χ0) is 30.0. The quantitative estimate of drug-likeness (QED) is 0.462. The highest BCUT2D eigenvalue weighted by molar-refractivity contribution is 6.31. The minimum atomic E-state index is -4.81. The minimum Gasteiger partial charge on any atom is -0.384 e. The van der Waals surface area contributed by atoms with E-state index >= 15 is 0 Å². The van der Waals surface area contributed by atoms with Crippen molar-refractivity contribution in [2.45, 2.75) is 77.5 Å². The van der Waals surface area contributed by atoms with Crippen molar-refractivity contribution in [2.24, 2.45) is 0 Å². The molecule has 0 bridgehead atoms. The fourth-order valence-electron chi connectivity index (χ4n) is 5.40. The van der Waals surface area contributed by atoms with Gasteiger partial charge in [0.1, 0.15) is 17.0 Å². The molecule has 41 heavy (non-hydrogen) atoms. The number of carbonyl (C=O) groups is 2. The highest BCUT2D eigenvalue weighted by Gasteiger charge is 2.41. The van der Waals surface area contributed by atoms with Gasteiger partial charge in [0, 0.05) is 30.8 Å². The number of alkyl halides is 3. The lowest BCUT2D eigenvalue weighted by molar-refractivity contribution is -0.141. The van der Waals surface area contributed by atoms with E-state index in [9.17, 15) is 27.9 Å². The number of carbonyl (C=O) groups excluding carboxylic acids is 2. The highest BCUT2D eigenvalue weighted by atomic mass is 35.5. The number of fused-ring (bicyclic) bond motifs is 3. The normalized spacial score (nSPS) is 20.1. The third kappa shape index (κ3) is 5.19. The van der Waals surface area contributed by atoms with E-state index < -0.39 is 28.4 Å². The topological polar surface area (TPSA) is 104 Å². The summed E-state index contributed by atoms with van der Waals surface area (Å²) >= 11 is 5.70. The van der Waals surface area contributed by atoms with Crippen LogP contribution >= 0.6 is 11.6 Å². The Kier molecular flexibility index (Phi) is 7.14. The molecular formula is C28H30ClF3N6O3. The molecule has 2 amide bonds. The Hall–Kier alpha value is -3.51. The molecule has 0 aromatic carbocycles. The monoisotopic (exact) mass is 590 g/mol. The number of pyridine rings is 2. The molecule has 2 aliphatic rings. The minimum absolute atomic E-state index is 0.00115. The molecule has 0 aliphatic carbocycles. The SMILES string of the molecule is CC(c1ccc(C(C)(C)O)nc1)N1C[C@@H](C)n2nc3c(c2C1=O)CN(C(=O)c1ccc(Cl)c(C(F)(F)F)n1)[C@H](C)C3. The van der Waals surface area contributed by atoms with Crippen molar-refractivity contribution in [3.05, 3.63) is 75.1 Å². The molecule has 218 valence electrons. The van der Waals surface area contributed by atoms with Gasteiger partial charge >= 0.3 is 6.18 Å². The van der Waals surface area contributed by atoms with Gasteiger partial charge in [-0.05, 0) is 58.4 Å². The zero-order valence-corrected chi connectivity index (χ0v) is 24.0. The van der Waals surface area contributed by atoms with Gasteiger partial charge in [0.2, 0.25) is 0 Å². The molecule has 1 unspecified atom stereocenters. The summed E-state index contributed by atoms with van der Waals surface area (Å²) in [5.41, 5.74) is 0.117. The lowest BCUT2D eigenvalue weighted by Crippen LogP contribution is -2.45. The third-order valence-electron chi connectivity index (χ3n) is 7.74. The Morgan fingerprint density at radius 1 is 1.15 bits per heavy atom. The first-order chi connectivity index (χ1) is 19.1. The zero-order valence-electron chi connectivity index (χ0n) is 23.2. The average molecular weight is 591 g/mol. The summed E-state index contributed by atoms with van der Waals surface area (Å²) in [5.74, 6) is -0.952. The van der Waals surface area contributed by atoms with Crippen molar-refractivity contribution in [1.82, 2.24) is 29.5 Å². The van der Waals surface area contributed by atoms with Crippen LogP contribution in [0.15, 0.2) is 30.5 Å². The number of rotatable bonds is 4. The highest BCUT2D eigenvalue weighted by Crippen LogP contribution is 2.36. The Labute approximate surface area is 239 Å². The van der Waals surface area contributed by atoms with Crippen LogP contribution in [0.5, 0.6) is 0 Å². The number of halogens is 4. The van der Waals surface area contributed by atoms with Gasteiger partial charge in [-0.2, -0.15) is 18.3 Å². The lowest BCUT2D eigenvalue weighted by atomic mass is 9.97. The largest absolute Gasteiger partial charge is 0.434 e. The number of aliphatic hydroxyl groups is 1. The van der Waals surface area contributed by atoms with Crippen LogP contribution in [0.3, 0.4) is 0 Å². The molecule has 9 nitrogen and oxygen atoms in total. The summed E-state index contributed by atoms with van der Waals surface area (Å²) in [5, 5.41) is 14.4. The second-order valence-corrected chi connectivity index (χ2v) is 11.7. The average Bonchev–Trinajstić information content (AvgIpc) is 3.27. The number of amides is 2. The van der Waals surface area contributed by atoms with E-state index in [0.29, 0.717) is 35.6 Å². The maximum absolute atomic E-state index is 13.9. The molecule has 0 radical (unpaired) electrons. The smallest absolute Gasteiger partial charge is 0.384 e. The number of hydrogen-bond acceptors (Lipinski definition) is 6. The van der Waals surface area contributed by atoms with E-state index in [0.717, 1.165) is 11.6 Å². The Morgan fingerprint density at radius 2 is 1.85 bits per heavy atom. The first kappa shape index (κ1) is 29.0. The van der Waals surface area contributed by atoms with Gasteiger partial charge in [0.25, 0.3) is 11.8 Å². The molecule has 2 aliphatic heterocycles. The predicted molar refractivity (Wildman–Crippen MR) is 143 cm³/mol. The molecule has 3 atom stereocenters. The van der Waals surface area contributed by atoms with Crippen LogP contribution in [0.25, 0.3) is 0 Å². The van der Waals surface area contributed by atoms with Crippen LogP contribution in [0.1, 0.15) is 95.9 Å². The number of aromatic nitrogens is 4. The second kappa shape index (κ2) is 10.1. The lowest BCUT2D eigenvalue weighted by Gasteiger charge is -2.37. The van der Waals surface area contributed by atoms with E-state index in [1.165, 1.54) is 11.0 Å². The molecule has 3 aromatic heterocycles. The van der Waals surface area contributed by atoms with E-state index in [2.05, 4.69) is 9.97 Å². The van der Waals surface area contributed by atoms with Crippen molar-refractivity contribution >= 4 is 23.4 Å². The van der Waals surface area contributed by atoms with Crippen LogP contribution in [0.4, 0.5) is 13.2 Å². The first-order valence-electron chi connectivity index (χ1n) is 13.2. The molecule has 0 spiro atoms. The third-order valence-corrected chi connectivity index (χ3v) is 8.05. The van der Waals surface area contributed by atoms with Crippen molar-refractivity contribution in [3.8, 4) is 0 Å². The standard InChI is InChI=1S/C28H30ClF3N6O3/c1-14-10-21-18(13-36(14)25(39)20-8-7-19(29)24(34-20)28(30,31)32)23-26(40)37(12-15(2)38(23)35-21)16(3)17-6-9-22(33-11-17)27(4,5)41/h6-9,11,14-16,41H,10,12-13H2,1-5H3/t14-,15-,16?/m1/s1. The van der Waals surface area contributed by atoms with Gasteiger partial charge in [0.15, 0.2) is 5.69 Å². The molecule has 0 saturated heterocycles. The van der Waals surface area contributed by atoms with Gasteiger partial charge in [-0.25, -0.2) is 4.98 Å². The molecule has 1 N–H and O–H groups in total. The van der Waals surface area contributed by atoms with Crippen LogP contribution < -0.4 is 0 Å². The maximum Gasteiger partial charge on any atom is 0.434 e. The van der Waals surface area contributed by atoms with Gasteiger partial charge in [-0.3, -0.25) is 19.3 Å². The summed E-state index contributed by atoms with van der Waals surface area (Å²) in [7, 11) is 0. The molecule has 0 saturated carbocycles. The van der Waals surface area contributed by atoms with Crippen LogP contribution in [0.2, 0.25) is 5.02 Å². The molecular weight excluding hydrogens is 561 g/mol. The first-order valence-corrected chi connectivity index (χ1v) is 13.6. The predicted octanol–water partition coefficient (Wildman–Crippen LogP) is 4.94. The van der Waals surface area contributed by atoms with Crippen molar-refractivity contribution < 1.29 is 27.9 Å². The number of hydrogen-bond donors (Lipinski definition) is 1. The Bertz CT molecular complexity index is 1520. The molecule has 5 heterocycles. The summed E-state index contributed by atoms with van der Waals surface area (Å²) < 4.78 is 41.9. The summed E-state index contributed by atoms with van der Waals surface area (Å²) in [4.78, 5) is 38.4. The van der Waals surface area contributed by atoms with Crippen molar-refractivity contribution in [3.63, 3.8) is 0 Å². The summed E-state index contributed by atoms with van der Waals surface area (Å²) in [6, 6.07) is 4.86. The van der Waals surface area contributed by atoms with Crippen LogP contribution in [-0.2, 0) is 24.7 Å². The van der Waals surface area contributed by atoms with Gasteiger partial charge < -0.3 is 14.9 Å². The van der Waals surface area contributed by atoms with Crippen molar-refractivity contribution in [1.29, 1.82) is 0 Å². The maximum atomic E-state index is 13.9. The Balaban J connectivity index is 1.45. The molecule has 3 aromatic rings. The van der Waals surface area contributed by atoms with E-state index in [1.807, 2.05) is 19.9 Å². The van der Waals surface area contributed by atoms with Gasteiger partial charge in [0.05, 0.1) is 35.0 Å². The second-order valence-electron chi connectivity index (χ2n) is 11.2. The van der Waals surface area contributed by atoms with E-state index in [1.54, 1.807) is 42.6 Å². The fraction of sp³-hybridized carbons (Fsp3) is 0.464. The van der Waals surface area contributed by atoms with Crippen molar-refractivity contribution in [2.75, 3.05) is 6.54 Å². The fourth-order valence-corrected chi connectivity index (χ4v) is 5.61. The Morgan fingerprint density at radius 3 is 2.46 bits per heavy atom. The van der Waals surface area contributed by atoms with E-state index in [-0.39, 0.29) is 36.3 Å². The van der Waals surface area contributed by atoms with Gasteiger partial charge in [-0.1, -0.05) is 17.7 Å². The van der Waals surface area contributed by atoms with E-state index in [4.69, 9.17) is 16.7 Å². The summed E-state index contributed by atoms with van der Waals surface area (Å²) in [6.07, 6.45) is -2.83. The van der Waals surface area contributed by atoms with Crippen LogP contribution in [-0.4, -0.2) is 59.1 Å².